The summed E-state index contributed by atoms with van der Waals surface area (Å²) in [6.07, 6.45) is 3.65. The van der Waals surface area contributed by atoms with E-state index in [0.29, 0.717) is 23.9 Å². The van der Waals surface area contributed by atoms with Crippen molar-refractivity contribution in [3.05, 3.63) is 71.5 Å². The van der Waals surface area contributed by atoms with E-state index in [9.17, 15) is 0 Å². The number of aromatic nitrogens is 1. The molecule has 0 aliphatic carbocycles. The lowest BCUT2D eigenvalue weighted by atomic mass is 9.75. The number of methoxy groups -OCH3 is 1. The first-order chi connectivity index (χ1) is 14.1. The first kappa shape index (κ1) is 21.0. The molecular weight excluding hydrogens is 396 g/mol. The van der Waals surface area contributed by atoms with E-state index in [4.69, 9.17) is 9.26 Å². The van der Waals surface area contributed by atoms with E-state index in [2.05, 4.69) is 78.6 Å². The lowest BCUT2D eigenvalue weighted by Crippen LogP contribution is -2.44. The lowest BCUT2D eigenvalue weighted by molar-refractivity contribution is 0.122. The van der Waals surface area contributed by atoms with Crippen LogP contribution in [-0.2, 0) is 0 Å². The van der Waals surface area contributed by atoms with Crippen molar-refractivity contribution in [1.29, 1.82) is 0 Å². The largest absolute Gasteiger partial charge is 0.497 e. The maximum absolute atomic E-state index is 5.98. The van der Waals surface area contributed by atoms with Gasteiger partial charge in [0, 0.05) is 29.6 Å². The first-order valence-corrected chi connectivity index (χ1v) is 10.5. The van der Waals surface area contributed by atoms with E-state index in [1.165, 1.54) is 24.0 Å². The van der Waals surface area contributed by atoms with Crippen LogP contribution in [0, 0.1) is 6.92 Å². The molecule has 30 heavy (non-hydrogen) atoms. The fourth-order valence-corrected chi connectivity index (χ4v) is 5.36. The SMILES string of the molecule is COc1ccc([C@H]2C[C@H]3CC[C@H]([C@H]2c2cc(-c4ccc(C)cc4)no2)N3C)cc1.Cl. The van der Waals surface area contributed by atoms with E-state index in [0.717, 1.165) is 29.2 Å². The molecule has 1 aromatic heterocycles. The molecule has 0 radical (unpaired) electrons. The molecule has 158 valence electrons. The fraction of sp³-hybridized carbons (Fsp3) is 0.400. The lowest BCUT2D eigenvalue weighted by Gasteiger charge is -2.42. The van der Waals surface area contributed by atoms with Crippen molar-refractivity contribution in [2.75, 3.05) is 14.2 Å². The number of hydrogen-bond acceptors (Lipinski definition) is 4. The predicted octanol–water partition coefficient (Wildman–Crippen LogP) is 5.81. The maximum Gasteiger partial charge on any atom is 0.142 e. The standard InChI is InChI=1S/C25H28N2O2.ClH/c1-16-4-6-18(7-5-16)22-15-24(29-26-22)25-21(14-19-10-13-23(25)27(19)2)17-8-11-20(28-3)12-9-17;/h4-9,11-12,15,19,21,23,25H,10,13-14H2,1-3H3;1H/t19-,21-,23-,25+;/m1./s1. The Morgan fingerprint density at radius 1 is 1.03 bits per heavy atom. The van der Waals surface area contributed by atoms with Crippen molar-refractivity contribution < 1.29 is 9.26 Å². The summed E-state index contributed by atoms with van der Waals surface area (Å²) in [6, 6.07) is 20.4. The van der Waals surface area contributed by atoms with Crippen LogP contribution in [0.2, 0.25) is 0 Å². The highest BCUT2D eigenvalue weighted by molar-refractivity contribution is 5.85. The van der Waals surface area contributed by atoms with Crippen molar-refractivity contribution in [2.45, 2.75) is 50.1 Å². The van der Waals surface area contributed by atoms with Crippen molar-refractivity contribution in [3.63, 3.8) is 0 Å². The van der Waals surface area contributed by atoms with E-state index in [-0.39, 0.29) is 12.4 Å². The average molecular weight is 425 g/mol. The van der Waals surface area contributed by atoms with Crippen LogP contribution in [0.1, 0.15) is 48.0 Å². The van der Waals surface area contributed by atoms with Crippen LogP contribution >= 0.6 is 12.4 Å². The van der Waals surface area contributed by atoms with Gasteiger partial charge >= 0.3 is 0 Å². The minimum atomic E-state index is 0. The van der Waals surface area contributed by atoms with Crippen molar-refractivity contribution >= 4 is 12.4 Å². The Morgan fingerprint density at radius 3 is 2.47 bits per heavy atom. The summed E-state index contributed by atoms with van der Waals surface area (Å²) >= 11 is 0. The van der Waals surface area contributed by atoms with Gasteiger partial charge in [0.15, 0.2) is 0 Å². The zero-order chi connectivity index (χ0) is 20.0. The van der Waals surface area contributed by atoms with Gasteiger partial charge in [-0.2, -0.15) is 0 Å². The molecule has 2 aliphatic rings. The molecule has 3 heterocycles. The number of piperidine rings is 1. The molecule has 4 nitrogen and oxygen atoms in total. The van der Waals surface area contributed by atoms with E-state index < -0.39 is 0 Å². The second-order valence-electron chi connectivity index (χ2n) is 8.59. The second-order valence-corrected chi connectivity index (χ2v) is 8.59. The van der Waals surface area contributed by atoms with E-state index in [1.807, 2.05) is 0 Å². The molecule has 5 rings (SSSR count). The maximum atomic E-state index is 5.98. The Labute approximate surface area is 184 Å². The topological polar surface area (TPSA) is 38.5 Å². The summed E-state index contributed by atoms with van der Waals surface area (Å²) in [5.41, 5.74) is 4.66. The zero-order valence-corrected chi connectivity index (χ0v) is 18.6. The van der Waals surface area contributed by atoms with Gasteiger partial charge in [0.25, 0.3) is 0 Å². The number of rotatable bonds is 4. The number of benzene rings is 2. The van der Waals surface area contributed by atoms with Gasteiger partial charge in [-0.3, -0.25) is 4.90 Å². The van der Waals surface area contributed by atoms with Crippen LogP contribution in [0.15, 0.2) is 59.1 Å². The molecule has 3 aromatic rings. The summed E-state index contributed by atoms with van der Waals surface area (Å²) < 4.78 is 11.3. The van der Waals surface area contributed by atoms with Gasteiger partial charge in [-0.15, -0.1) is 12.4 Å². The zero-order valence-electron chi connectivity index (χ0n) is 17.7. The number of fused-ring (bicyclic) bond motifs is 2. The van der Waals surface area contributed by atoms with Gasteiger partial charge < -0.3 is 9.26 Å². The summed E-state index contributed by atoms with van der Waals surface area (Å²) in [5, 5.41) is 4.44. The molecule has 0 unspecified atom stereocenters. The van der Waals surface area contributed by atoms with Crippen LogP contribution < -0.4 is 4.74 Å². The van der Waals surface area contributed by atoms with Crippen molar-refractivity contribution in [2.24, 2.45) is 0 Å². The molecular formula is C25H29ClN2O2. The van der Waals surface area contributed by atoms with Gasteiger partial charge in [-0.25, -0.2) is 0 Å². The average Bonchev–Trinajstić information content (AvgIpc) is 3.31. The Hall–Kier alpha value is -2.30. The predicted molar refractivity (Wildman–Crippen MR) is 122 cm³/mol. The van der Waals surface area contributed by atoms with Crippen molar-refractivity contribution in [1.82, 2.24) is 10.1 Å². The Bertz CT molecular complexity index is 983. The van der Waals surface area contributed by atoms with E-state index in [1.54, 1.807) is 7.11 Å². The highest BCUT2D eigenvalue weighted by atomic mass is 35.5. The molecule has 0 amide bonds. The Kier molecular flexibility index (Phi) is 5.90. The van der Waals surface area contributed by atoms with Gasteiger partial charge in [0.05, 0.1) is 7.11 Å². The minimum Gasteiger partial charge on any atom is -0.497 e. The van der Waals surface area contributed by atoms with Crippen LogP contribution in [0.5, 0.6) is 5.75 Å². The third kappa shape index (κ3) is 3.63. The number of aryl methyl sites for hydroxylation is 1. The van der Waals surface area contributed by atoms with Gasteiger partial charge in [-0.1, -0.05) is 47.1 Å². The Morgan fingerprint density at radius 2 is 1.77 bits per heavy atom. The quantitative estimate of drug-likeness (QED) is 0.529. The summed E-state index contributed by atoms with van der Waals surface area (Å²) in [5.74, 6) is 2.67. The third-order valence-corrected chi connectivity index (χ3v) is 7.02. The number of likely N-dealkylation sites (N-methyl/N-ethyl adjacent to an activating group) is 1. The smallest absolute Gasteiger partial charge is 0.142 e. The second kappa shape index (κ2) is 8.44. The molecule has 4 atom stereocenters. The van der Waals surface area contributed by atoms with Crippen LogP contribution in [-0.4, -0.2) is 36.3 Å². The molecule has 2 aliphatic heterocycles. The van der Waals surface area contributed by atoms with E-state index >= 15 is 0 Å². The molecule has 5 heteroatoms. The number of hydrogen-bond donors (Lipinski definition) is 0. The highest BCUT2D eigenvalue weighted by Crippen LogP contribution is 2.51. The first-order valence-electron chi connectivity index (χ1n) is 10.5. The van der Waals surface area contributed by atoms with Gasteiger partial charge in [0.2, 0.25) is 0 Å². The molecule has 2 fully saturated rings. The molecule has 0 saturated carbocycles. The third-order valence-electron chi connectivity index (χ3n) is 7.02. The summed E-state index contributed by atoms with van der Waals surface area (Å²) in [6.45, 7) is 2.10. The summed E-state index contributed by atoms with van der Waals surface area (Å²) in [4.78, 5) is 2.57. The van der Waals surface area contributed by atoms with Gasteiger partial charge in [-0.05, 0) is 56.8 Å². The minimum absolute atomic E-state index is 0. The van der Waals surface area contributed by atoms with Crippen LogP contribution in [0.4, 0.5) is 0 Å². The molecule has 2 aromatic carbocycles. The fourth-order valence-electron chi connectivity index (χ4n) is 5.36. The number of halogens is 1. The normalized spacial score (nSPS) is 25.7. The summed E-state index contributed by atoms with van der Waals surface area (Å²) in [7, 11) is 3.99. The molecule has 2 bridgehead atoms. The van der Waals surface area contributed by atoms with Crippen LogP contribution in [0.25, 0.3) is 11.3 Å². The van der Waals surface area contributed by atoms with Gasteiger partial charge in [0.1, 0.15) is 17.2 Å². The highest BCUT2D eigenvalue weighted by Gasteiger charge is 2.48. The Balaban J connectivity index is 0.00000218. The molecule has 2 saturated heterocycles. The molecule has 0 N–H and O–H groups in total. The number of nitrogens with zero attached hydrogens (tertiary/aromatic N) is 2. The van der Waals surface area contributed by atoms with Crippen LogP contribution in [0.3, 0.4) is 0 Å². The monoisotopic (exact) mass is 424 g/mol. The van der Waals surface area contributed by atoms with Crippen molar-refractivity contribution in [3.8, 4) is 17.0 Å². The number of ether oxygens (including phenoxy) is 1. The molecule has 0 spiro atoms.